The van der Waals surface area contributed by atoms with Gasteiger partial charge in [0.05, 0.1) is 42.1 Å². The van der Waals surface area contributed by atoms with Crippen molar-refractivity contribution in [2.45, 2.75) is 31.4 Å². The lowest BCUT2D eigenvalue weighted by Crippen LogP contribution is -2.49. The predicted octanol–water partition coefficient (Wildman–Crippen LogP) is 3.13. The van der Waals surface area contributed by atoms with Crippen LogP contribution in [-0.4, -0.2) is 41.0 Å². The molecule has 0 aliphatic carbocycles. The number of alkyl halides is 6. The SMILES string of the molecule is CC(NC(=O)c1cc(C(F)(F)F)cc(C(F)(F)F)c1)c1nccnc1C(=O)NC1COC1. The molecule has 0 radical (unpaired) electrons. The van der Waals surface area contributed by atoms with Gasteiger partial charge in [-0.05, 0) is 25.1 Å². The van der Waals surface area contributed by atoms with E-state index in [0.717, 1.165) is 0 Å². The van der Waals surface area contributed by atoms with Crippen molar-refractivity contribution in [3.63, 3.8) is 0 Å². The van der Waals surface area contributed by atoms with Crippen LogP contribution in [0.15, 0.2) is 30.6 Å². The Labute approximate surface area is 177 Å². The summed E-state index contributed by atoms with van der Waals surface area (Å²) in [4.78, 5) is 32.8. The maximum Gasteiger partial charge on any atom is 0.416 e. The molecule has 32 heavy (non-hydrogen) atoms. The number of carbonyl (C=O) groups excluding carboxylic acids is 2. The second-order valence-electron chi connectivity index (χ2n) is 6.99. The highest BCUT2D eigenvalue weighted by molar-refractivity contribution is 5.96. The van der Waals surface area contributed by atoms with E-state index in [4.69, 9.17) is 4.74 Å². The molecule has 1 atom stereocenters. The van der Waals surface area contributed by atoms with Gasteiger partial charge in [-0.2, -0.15) is 26.3 Å². The van der Waals surface area contributed by atoms with Crippen molar-refractivity contribution in [2.75, 3.05) is 13.2 Å². The number of hydrogen-bond donors (Lipinski definition) is 2. The van der Waals surface area contributed by atoms with Crippen LogP contribution >= 0.6 is 0 Å². The lowest BCUT2D eigenvalue weighted by molar-refractivity contribution is -0.143. The molecule has 1 aliphatic rings. The molecule has 1 fully saturated rings. The fourth-order valence-corrected chi connectivity index (χ4v) is 2.85. The van der Waals surface area contributed by atoms with E-state index in [2.05, 4.69) is 20.6 Å². The summed E-state index contributed by atoms with van der Waals surface area (Å²) in [5.41, 5.74) is -4.24. The molecule has 1 unspecified atom stereocenters. The number of nitrogens with zero attached hydrogens (tertiary/aromatic N) is 2. The van der Waals surface area contributed by atoms with E-state index < -0.39 is 46.9 Å². The van der Waals surface area contributed by atoms with E-state index in [1.807, 2.05) is 0 Å². The van der Waals surface area contributed by atoms with Gasteiger partial charge >= 0.3 is 12.4 Å². The van der Waals surface area contributed by atoms with E-state index in [9.17, 15) is 35.9 Å². The number of carbonyl (C=O) groups is 2. The van der Waals surface area contributed by atoms with Crippen LogP contribution in [0.1, 0.15) is 50.6 Å². The summed E-state index contributed by atoms with van der Waals surface area (Å²) in [6.45, 7) is 1.98. The summed E-state index contributed by atoms with van der Waals surface area (Å²) in [5.74, 6) is -1.82. The van der Waals surface area contributed by atoms with E-state index in [1.54, 1.807) is 0 Å². The number of benzene rings is 1. The third-order valence-electron chi connectivity index (χ3n) is 4.52. The van der Waals surface area contributed by atoms with E-state index in [1.165, 1.54) is 19.3 Å². The summed E-state index contributed by atoms with van der Waals surface area (Å²) in [6, 6.07) is -0.724. The number of rotatable bonds is 5. The second-order valence-corrected chi connectivity index (χ2v) is 6.99. The summed E-state index contributed by atoms with van der Waals surface area (Å²) >= 11 is 0. The van der Waals surface area contributed by atoms with Crippen molar-refractivity contribution in [1.29, 1.82) is 0 Å². The highest BCUT2D eigenvalue weighted by atomic mass is 19.4. The molecule has 3 rings (SSSR count). The van der Waals surface area contributed by atoms with Gasteiger partial charge in [0.1, 0.15) is 0 Å². The zero-order valence-corrected chi connectivity index (χ0v) is 16.3. The molecule has 13 heteroatoms. The van der Waals surface area contributed by atoms with Gasteiger partial charge in [-0.25, -0.2) is 4.98 Å². The van der Waals surface area contributed by atoms with Crippen molar-refractivity contribution in [1.82, 2.24) is 20.6 Å². The molecule has 2 aromatic rings. The summed E-state index contributed by atoms with van der Waals surface area (Å²) in [5, 5.41) is 4.90. The van der Waals surface area contributed by atoms with E-state index in [-0.39, 0.29) is 23.5 Å². The quantitative estimate of drug-likeness (QED) is 0.667. The topological polar surface area (TPSA) is 93.2 Å². The van der Waals surface area contributed by atoms with Gasteiger partial charge in [-0.15, -0.1) is 0 Å². The Kier molecular flexibility index (Phi) is 6.39. The fraction of sp³-hybridized carbons (Fsp3) is 0.368. The third-order valence-corrected chi connectivity index (χ3v) is 4.52. The van der Waals surface area contributed by atoms with Crippen LogP contribution in [0.25, 0.3) is 0 Å². The molecular formula is C19H16F6N4O3. The number of aromatic nitrogens is 2. The van der Waals surface area contributed by atoms with Crippen molar-refractivity contribution >= 4 is 11.8 Å². The second kappa shape index (κ2) is 8.73. The van der Waals surface area contributed by atoms with Gasteiger partial charge in [-0.1, -0.05) is 0 Å². The monoisotopic (exact) mass is 462 g/mol. The first-order chi connectivity index (χ1) is 14.9. The smallest absolute Gasteiger partial charge is 0.377 e. The molecule has 2 heterocycles. The average Bonchev–Trinajstić information content (AvgIpc) is 2.68. The van der Waals surface area contributed by atoms with Gasteiger partial charge in [0, 0.05) is 18.0 Å². The van der Waals surface area contributed by atoms with Crippen LogP contribution in [0.4, 0.5) is 26.3 Å². The lowest BCUT2D eigenvalue weighted by atomic mass is 10.0. The predicted molar refractivity (Wildman–Crippen MR) is 96.4 cm³/mol. The molecule has 0 bridgehead atoms. The van der Waals surface area contributed by atoms with Crippen LogP contribution in [0.3, 0.4) is 0 Å². The van der Waals surface area contributed by atoms with Gasteiger partial charge < -0.3 is 15.4 Å². The van der Waals surface area contributed by atoms with E-state index >= 15 is 0 Å². The first-order valence-corrected chi connectivity index (χ1v) is 9.16. The lowest BCUT2D eigenvalue weighted by Gasteiger charge is -2.27. The molecule has 2 amide bonds. The van der Waals surface area contributed by atoms with Crippen LogP contribution in [0, 0.1) is 0 Å². The molecule has 172 valence electrons. The molecule has 1 aromatic carbocycles. The number of ether oxygens (including phenoxy) is 1. The molecule has 0 spiro atoms. The Balaban J connectivity index is 1.85. The largest absolute Gasteiger partial charge is 0.416 e. The molecular weight excluding hydrogens is 446 g/mol. The fourth-order valence-electron chi connectivity index (χ4n) is 2.85. The number of hydrogen-bond acceptors (Lipinski definition) is 5. The minimum absolute atomic E-state index is 0.0124. The summed E-state index contributed by atoms with van der Waals surface area (Å²) < 4.78 is 83.2. The molecule has 1 aliphatic heterocycles. The first kappa shape index (κ1) is 23.4. The van der Waals surface area contributed by atoms with Crippen LogP contribution in [0.5, 0.6) is 0 Å². The maximum absolute atomic E-state index is 13.0. The zero-order valence-electron chi connectivity index (χ0n) is 16.3. The van der Waals surface area contributed by atoms with E-state index in [0.29, 0.717) is 25.3 Å². The van der Waals surface area contributed by atoms with Crippen molar-refractivity contribution in [3.8, 4) is 0 Å². The Morgan fingerprint density at radius 2 is 1.53 bits per heavy atom. The van der Waals surface area contributed by atoms with Gasteiger partial charge in [0.15, 0.2) is 5.69 Å². The highest BCUT2D eigenvalue weighted by Gasteiger charge is 2.37. The standard InChI is InChI=1S/C19H16F6N4O3/c1-9(14-15(27-3-2-26-14)17(31)29-13-7-32-8-13)28-16(30)10-4-11(18(20,21)22)6-12(5-10)19(23,24)25/h2-6,9,13H,7-8H2,1H3,(H,28,30)(H,29,31). The number of nitrogens with one attached hydrogen (secondary N) is 2. The molecule has 1 aromatic heterocycles. The maximum atomic E-state index is 13.0. The minimum Gasteiger partial charge on any atom is -0.377 e. The Morgan fingerprint density at radius 3 is 2.03 bits per heavy atom. The first-order valence-electron chi connectivity index (χ1n) is 9.16. The molecule has 7 nitrogen and oxygen atoms in total. The molecule has 2 N–H and O–H groups in total. The van der Waals surface area contributed by atoms with Gasteiger partial charge in [0.25, 0.3) is 11.8 Å². The number of amides is 2. The summed E-state index contributed by atoms with van der Waals surface area (Å²) in [7, 11) is 0. The molecule has 1 saturated heterocycles. The summed E-state index contributed by atoms with van der Waals surface area (Å²) in [6.07, 6.45) is -7.73. The van der Waals surface area contributed by atoms with Gasteiger partial charge in [0.2, 0.25) is 0 Å². The zero-order chi connectivity index (χ0) is 23.7. The van der Waals surface area contributed by atoms with Crippen LogP contribution in [0.2, 0.25) is 0 Å². The van der Waals surface area contributed by atoms with Crippen molar-refractivity contribution < 1.29 is 40.7 Å². The minimum atomic E-state index is -5.09. The Hall–Kier alpha value is -3.22. The Morgan fingerprint density at radius 1 is 0.969 bits per heavy atom. The molecule has 0 saturated carbocycles. The van der Waals surface area contributed by atoms with Gasteiger partial charge in [-0.3, -0.25) is 14.6 Å². The van der Waals surface area contributed by atoms with Crippen LogP contribution in [-0.2, 0) is 17.1 Å². The average molecular weight is 462 g/mol. The van der Waals surface area contributed by atoms with Crippen LogP contribution < -0.4 is 10.6 Å². The Bertz CT molecular complexity index is 989. The highest BCUT2D eigenvalue weighted by Crippen LogP contribution is 2.36. The third kappa shape index (κ3) is 5.33. The van der Waals surface area contributed by atoms with Crippen molar-refractivity contribution in [2.24, 2.45) is 0 Å². The number of halogens is 6. The normalized spacial score (nSPS) is 15.6. The van der Waals surface area contributed by atoms with Crippen molar-refractivity contribution in [3.05, 3.63) is 58.7 Å².